The molecular formula is C20H25NO2. The molecular weight excluding hydrogens is 286 g/mol. The molecule has 1 unspecified atom stereocenters. The lowest BCUT2D eigenvalue weighted by Gasteiger charge is -2.27. The van der Waals surface area contributed by atoms with E-state index >= 15 is 0 Å². The summed E-state index contributed by atoms with van der Waals surface area (Å²) in [6, 6.07) is 14.6. The average molecular weight is 311 g/mol. The van der Waals surface area contributed by atoms with Crippen LogP contribution in [0.25, 0.3) is 0 Å². The monoisotopic (exact) mass is 311 g/mol. The van der Waals surface area contributed by atoms with Crippen molar-refractivity contribution in [2.24, 2.45) is 5.92 Å². The van der Waals surface area contributed by atoms with E-state index in [2.05, 4.69) is 50.4 Å². The lowest BCUT2D eigenvalue weighted by molar-refractivity contribution is 0.206. The number of benzene rings is 2. The van der Waals surface area contributed by atoms with Crippen LogP contribution in [-0.4, -0.2) is 19.3 Å². The SMILES string of the molecule is Cc1ccc2c(c1)NCC(Cc1ccc(OCC(C)C)cc1)O2. The number of aryl methyl sites for hydroxylation is 1. The van der Waals surface area contributed by atoms with Gasteiger partial charge in [-0.1, -0.05) is 32.0 Å². The quantitative estimate of drug-likeness (QED) is 0.885. The molecule has 1 N–H and O–H groups in total. The first-order valence-electron chi connectivity index (χ1n) is 8.33. The Hall–Kier alpha value is -2.16. The number of anilines is 1. The fraction of sp³-hybridized carbons (Fsp3) is 0.400. The largest absolute Gasteiger partial charge is 0.493 e. The van der Waals surface area contributed by atoms with E-state index in [0.717, 1.165) is 36.8 Å². The van der Waals surface area contributed by atoms with E-state index in [1.807, 2.05) is 18.2 Å². The molecule has 23 heavy (non-hydrogen) atoms. The molecule has 2 aromatic carbocycles. The molecule has 3 heteroatoms. The summed E-state index contributed by atoms with van der Waals surface area (Å²) in [6.07, 6.45) is 1.05. The van der Waals surface area contributed by atoms with Gasteiger partial charge in [0, 0.05) is 6.42 Å². The third kappa shape index (κ3) is 4.19. The summed E-state index contributed by atoms with van der Waals surface area (Å²) < 4.78 is 11.8. The van der Waals surface area contributed by atoms with Crippen molar-refractivity contribution >= 4 is 5.69 Å². The molecule has 0 aliphatic carbocycles. The number of rotatable bonds is 5. The highest BCUT2D eigenvalue weighted by Gasteiger charge is 2.19. The molecule has 0 spiro atoms. The summed E-state index contributed by atoms with van der Waals surface area (Å²) in [5.74, 6) is 2.43. The first-order chi connectivity index (χ1) is 11.1. The van der Waals surface area contributed by atoms with E-state index < -0.39 is 0 Å². The Balaban J connectivity index is 1.59. The summed E-state index contributed by atoms with van der Waals surface area (Å²) >= 11 is 0. The molecule has 3 rings (SSSR count). The Morgan fingerprint density at radius 2 is 1.96 bits per heavy atom. The zero-order valence-electron chi connectivity index (χ0n) is 14.1. The van der Waals surface area contributed by atoms with E-state index in [0.29, 0.717) is 5.92 Å². The normalized spacial score (nSPS) is 16.4. The van der Waals surface area contributed by atoms with Gasteiger partial charge in [0.1, 0.15) is 17.6 Å². The van der Waals surface area contributed by atoms with Gasteiger partial charge in [0.25, 0.3) is 0 Å². The molecule has 1 aliphatic rings. The first kappa shape index (κ1) is 15.7. The van der Waals surface area contributed by atoms with Crippen molar-refractivity contribution in [3.8, 4) is 11.5 Å². The molecule has 0 fully saturated rings. The number of fused-ring (bicyclic) bond motifs is 1. The van der Waals surface area contributed by atoms with Crippen molar-refractivity contribution in [1.29, 1.82) is 0 Å². The minimum atomic E-state index is 0.160. The van der Waals surface area contributed by atoms with Crippen LogP contribution in [-0.2, 0) is 6.42 Å². The standard InChI is InChI=1S/C20H25NO2/c1-14(2)13-22-17-7-5-16(6-8-17)11-18-12-21-19-10-15(3)4-9-20(19)23-18/h4-10,14,18,21H,11-13H2,1-3H3. The molecule has 0 amide bonds. The van der Waals surface area contributed by atoms with Crippen LogP contribution in [0.5, 0.6) is 11.5 Å². The van der Waals surface area contributed by atoms with E-state index in [1.165, 1.54) is 11.1 Å². The van der Waals surface area contributed by atoms with Gasteiger partial charge in [-0.3, -0.25) is 0 Å². The van der Waals surface area contributed by atoms with Crippen LogP contribution < -0.4 is 14.8 Å². The van der Waals surface area contributed by atoms with Crippen molar-refractivity contribution in [3.63, 3.8) is 0 Å². The second-order valence-electron chi connectivity index (χ2n) is 6.67. The predicted molar refractivity (Wildman–Crippen MR) is 94.6 cm³/mol. The number of hydrogen-bond acceptors (Lipinski definition) is 3. The van der Waals surface area contributed by atoms with Crippen LogP contribution in [0.4, 0.5) is 5.69 Å². The van der Waals surface area contributed by atoms with Crippen molar-refractivity contribution in [2.75, 3.05) is 18.5 Å². The maximum atomic E-state index is 6.11. The van der Waals surface area contributed by atoms with Gasteiger partial charge in [-0.15, -0.1) is 0 Å². The van der Waals surface area contributed by atoms with Crippen molar-refractivity contribution < 1.29 is 9.47 Å². The smallest absolute Gasteiger partial charge is 0.142 e. The molecule has 1 aliphatic heterocycles. The summed E-state index contributed by atoms with van der Waals surface area (Å²) in [4.78, 5) is 0. The van der Waals surface area contributed by atoms with Gasteiger partial charge in [0.05, 0.1) is 18.8 Å². The third-order valence-corrected chi connectivity index (χ3v) is 3.92. The fourth-order valence-electron chi connectivity index (χ4n) is 2.69. The molecule has 3 nitrogen and oxygen atoms in total. The summed E-state index contributed by atoms with van der Waals surface area (Å²) in [5.41, 5.74) is 3.61. The molecule has 0 saturated carbocycles. The molecule has 0 aromatic heterocycles. The van der Waals surface area contributed by atoms with Gasteiger partial charge in [-0.05, 0) is 48.2 Å². The Bertz CT molecular complexity index is 649. The Morgan fingerprint density at radius 1 is 1.17 bits per heavy atom. The molecule has 122 valence electrons. The maximum absolute atomic E-state index is 6.11. The molecule has 2 aromatic rings. The van der Waals surface area contributed by atoms with Crippen molar-refractivity contribution in [1.82, 2.24) is 0 Å². The zero-order valence-corrected chi connectivity index (χ0v) is 14.1. The highest BCUT2D eigenvalue weighted by atomic mass is 16.5. The summed E-state index contributed by atoms with van der Waals surface area (Å²) in [5, 5.41) is 3.47. The molecule has 0 radical (unpaired) electrons. The zero-order chi connectivity index (χ0) is 16.2. The van der Waals surface area contributed by atoms with Gasteiger partial charge in [0.2, 0.25) is 0 Å². The van der Waals surface area contributed by atoms with Crippen LogP contribution >= 0.6 is 0 Å². The number of nitrogens with one attached hydrogen (secondary N) is 1. The van der Waals surface area contributed by atoms with E-state index in [1.54, 1.807) is 0 Å². The molecule has 1 heterocycles. The van der Waals surface area contributed by atoms with E-state index in [9.17, 15) is 0 Å². The minimum absolute atomic E-state index is 0.160. The topological polar surface area (TPSA) is 30.5 Å². The highest BCUT2D eigenvalue weighted by Crippen LogP contribution is 2.30. The summed E-state index contributed by atoms with van der Waals surface area (Å²) in [7, 11) is 0. The van der Waals surface area contributed by atoms with Crippen LogP contribution in [0.15, 0.2) is 42.5 Å². The second kappa shape index (κ2) is 6.95. The molecule has 0 saturated heterocycles. The van der Waals surface area contributed by atoms with Gasteiger partial charge in [-0.2, -0.15) is 0 Å². The minimum Gasteiger partial charge on any atom is -0.493 e. The summed E-state index contributed by atoms with van der Waals surface area (Å²) in [6.45, 7) is 7.99. The number of ether oxygens (including phenoxy) is 2. The van der Waals surface area contributed by atoms with Crippen molar-refractivity contribution in [2.45, 2.75) is 33.3 Å². The second-order valence-corrected chi connectivity index (χ2v) is 6.67. The van der Waals surface area contributed by atoms with Crippen LogP contribution in [0.2, 0.25) is 0 Å². The van der Waals surface area contributed by atoms with Gasteiger partial charge in [0.15, 0.2) is 0 Å². The Morgan fingerprint density at radius 3 is 2.70 bits per heavy atom. The highest BCUT2D eigenvalue weighted by molar-refractivity contribution is 5.59. The lowest BCUT2D eigenvalue weighted by atomic mass is 10.1. The third-order valence-electron chi connectivity index (χ3n) is 3.92. The van der Waals surface area contributed by atoms with Crippen LogP contribution in [0.3, 0.4) is 0 Å². The Labute approximate surface area is 138 Å². The lowest BCUT2D eigenvalue weighted by Crippen LogP contribution is -2.32. The average Bonchev–Trinajstić information content (AvgIpc) is 2.54. The van der Waals surface area contributed by atoms with Gasteiger partial charge >= 0.3 is 0 Å². The molecule has 1 atom stereocenters. The van der Waals surface area contributed by atoms with E-state index in [-0.39, 0.29) is 6.10 Å². The Kier molecular flexibility index (Phi) is 4.75. The van der Waals surface area contributed by atoms with E-state index in [4.69, 9.17) is 9.47 Å². The van der Waals surface area contributed by atoms with Crippen LogP contribution in [0, 0.1) is 12.8 Å². The van der Waals surface area contributed by atoms with Crippen LogP contribution in [0.1, 0.15) is 25.0 Å². The van der Waals surface area contributed by atoms with Crippen molar-refractivity contribution in [3.05, 3.63) is 53.6 Å². The fourth-order valence-corrected chi connectivity index (χ4v) is 2.69. The van der Waals surface area contributed by atoms with Gasteiger partial charge < -0.3 is 14.8 Å². The predicted octanol–water partition coefficient (Wildman–Crippen LogP) is 4.45. The molecule has 0 bridgehead atoms. The number of hydrogen-bond donors (Lipinski definition) is 1. The maximum Gasteiger partial charge on any atom is 0.142 e. The van der Waals surface area contributed by atoms with Gasteiger partial charge in [-0.25, -0.2) is 0 Å². The first-order valence-corrected chi connectivity index (χ1v) is 8.33.